The van der Waals surface area contributed by atoms with E-state index in [1.165, 1.54) is 0 Å². The summed E-state index contributed by atoms with van der Waals surface area (Å²) < 4.78 is 0.870. The number of thiazole rings is 1. The summed E-state index contributed by atoms with van der Waals surface area (Å²) in [5.74, 6) is 0. The fourth-order valence-corrected chi connectivity index (χ4v) is 2.54. The van der Waals surface area contributed by atoms with E-state index in [9.17, 15) is 0 Å². The number of aryl methyl sites for hydroxylation is 1. The van der Waals surface area contributed by atoms with Gasteiger partial charge in [0.25, 0.3) is 0 Å². The van der Waals surface area contributed by atoms with Crippen molar-refractivity contribution in [3.8, 4) is 10.6 Å². The zero-order valence-electron chi connectivity index (χ0n) is 7.42. The van der Waals surface area contributed by atoms with Gasteiger partial charge in [-0.2, -0.15) is 0 Å². The lowest BCUT2D eigenvalue weighted by Gasteiger charge is -1.99. The monoisotopic (exact) mass is 287 g/mol. The minimum atomic E-state index is 0.786. The van der Waals surface area contributed by atoms with Crippen molar-refractivity contribution in [3.63, 3.8) is 0 Å². The van der Waals surface area contributed by atoms with Crippen LogP contribution in [0.1, 0.15) is 5.56 Å². The highest BCUT2D eigenvalue weighted by molar-refractivity contribution is 9.10. The van der Waals surface area contributed by atoms with Crippen LogP contribution in [0.3, 0.4) is 0 Å². The van der Waals surface area contributed by atoms with Crippen LogP contribution in [0.25, 0.3) is 10.6 Å². The van der Waals surface area contributed by atoms with Gasteiger partial charge in [-0.3, -0.25) is 0 Å². The van der Waals surface area contributed by atoms with Gasteiger partial charge in [-0.05, 0) is 34.5 Å². The first-order valence-corrected chi connectivity index (χ1v) is 6.09. The maximum atomic E-state index is 6.04. The second-order valence-electron chi connectivity index (χ2n) is 2.94. The van der Waals surface area contributed by atoms with E-state index in [4.69, 9.17) is 11.6 Å². The summed E-state index contributed by atoms with van der Waals surface area (Å²) in [6.45, 7) is 1.99. The number of benzene rings is 1. The molecule has 0 aliphatic rings. The van der Waals surface area contributed by atoms with Crippen LogP contribution in [0.4, 0.5) is 0 Å². The molecule has 0 aliphatic carbocycles. The third-order valence-electron chi connectivity index (χ3n) is 1.89. The Morgan fingerprint density at radius 3 is 2.79 bits per heavy atom. The molecule has 14 heavy (non-hydrogen) atoms. The second kappa shape index (κ2) is 4.01. The number of aromatic nitrogens is 1. The van der Waals surface area contributed by atoms with Gasteiger partial charge in [-0.1, -0.05) is 23.7 Å². The molecule has 0 bridgehead atoms. The van der Waals surface area contributed by atoms with Gasteiger partial charge in [-0.15, -0.1) is 11.3 Å². The molecule has 0 N–H and O–H groups in total. The SMILES string of the molecule is Cc1ccc(-c2nc(Br)cs2)cc1Cl. The maximum absolute atomic E-state index is 6.04. The summed E-state index contributed by atoms with van der Waals surface area (Å²) in [4.78, 5) is 4.33. The molecule has 0 fully saturated rings. The standard InChI is InChI=1S/C10H7BrClNS/c1-6-2-3-7(4-8(6)12)10-13-9(11)5-14-10/h2-5H,1H3. The average molecular weight is 289 g/mol. The molecule has 1 aromatic heterocycles. The largest absolute Gasteiger partial charge is 0.229 e. The molecule has 0 radical (unpaired) electrons. The quantitative estimate of drug-likeness (QED) is 0.751. The highest BCUT2D eigenvalue weighted by atomic mass is 79.9. The van der Waals surface area contributed by atoms with E-state index in [1.807, 2.05) is 30.5 Å². The number of hydrogen-bond acceptors (Lipinski definition) is 2. The van der Waals surface area contributed by atoms with Gasteiger partial charge < -0.3 is 0 Å². The van der Waals surface area contributed by atoms with E-state index in [0.29, 0.717) is 0 Å². The highest BCUT2D eigenvalue weighted by Gasteiger charge is 2.04. The van der Waals surface area contributed by atoms with E-state index in [-0.39, 0.29) is 0 Å². The predicted octanol–water partition coefficient (Wildman–Crippen LogP) is 4.53. The smallest absolute Gasteiger partial charge is 0.124 e. The van der Waals surface area contributed by atoms with Crippen molar-refractivity contribution in [1.29, 1.82) is 0 Å². The predicted molar refractivity (Wildman–Crippen MR) is 65.0 cm³/mol. The summed E-state index contributed by atoms with van der Waals surface area (Å²) in [5.41, 5.74) is 2.15. The van der Waals surface area contributed by atoms with E-state index in [1.54, 1.807) is 11.3 Å². The third-order valence-corrected chi connectivity index (χ3v) is 3.90. The molecule has 1 aromatic carbocycles. The van der Waals surface area contributed by atoms with Crippen LogP contribution >= 0.6 is 38.9 Å². The highest BCUT2D eigenvalue weighted by Crippen LogP contribution is 2.29. The van der Waals surface area contributed by atoms with Gasteiger partial charge in [0.15, 0.2) is 0 Å². The molecule has 1 heterocycles. The molecule has 0 aliphatic heterocycles. The number of nitrogens with zero attached hydrogens (tertiary/aromatic N) is 1. The lowest BCUT2D eigenvalue weighted by atomic mass is 10.1. The summed E-state index contributed by atoms with van der Waals surface area (Å²) in [6, 6.07) is 5.99. The van der Waals surface area contributed by atoms with Crippen molar-refractivity contribution in [3.05, 3.63) is 38.8 Å². The van der Waals surface area contributed by atoms with Crippen LogP contribution in [-0.4, -0.2) is 4.98 Å². The number of hydrogen-bond donors (Lipinski definition) is 0. The minimum absolute atomic E-state index is 0.786. The Bertz CT molecular complexity index is 467. The summed E-state index contributed by atoms with van der Waals surface area (Å²) >= 11 is 11.0. The lowest BCUT2D eigenvalue weighted by molar-refractivity contribution is 1.35. The Balaban J connectivity index is 2.47. The van der Waals surface area contributed by atoms with Crippen molar-refractivity contribution in [2.45, 2.75) is 6.92 Å². The van der Waals surface area contributed by atoms with Gasteiger partial charge in [0.05, 0.1) is 0 Å². The second-order valence-corrected chi connectivity index (χ2v) is 5.02. The Kier molecular flexibility index (Phi) is 2.91. The zero-order chi connectivity index (χ0) is 10.1. The molecule has 0 spiro atoms. The summed E-state index contributed by atoms with van der Waals surface area (Å²) in [5, 5.41) is 3.73. The van der Waals surface area contributed by atoms with Crippen molar-refractivity contribution in [2.24, 2.45) is 0 Å². The van der Waals surface area contributed by atoms with Crippen LogP contribution in [0.15, 0.2) is 28.2 Å². The van der Waals surface area contributed by atoms with Crippen LogP contribution in [0.5, 0.6) is 0 Å². The third kappa shape index (κ3) is 2.00. The van der Waals surface area contributed by atoms with Crippen LogP contribution in [0, 0.1) is 6.92 Å². The van der Waals surface area contributed by atoms with Crippen molar-refractivity contribution < 1.29 is 0 Å². The topological polar surface area (TPSA) is 12.9 Å². The molecular formula is C10H7BrClNS. The van der Waals surface area contributed by atoms with E-state index in [2.05, 4.69) is 20.9 Å². The molecule has 72 valence electrons. The first kappa shape index (κ1) is 10.1. The molecule has 1 nitrogen and oxygen atoms in total. The van der Waals surface area contributed by atoms with Gasteiger partial charge in [0.2, 0.25) is 0 Å². The molecule has 2 rings (SSSR count). The molecular weight excluding hydrogens is 282 g/mol. The van der Waals surface area contributed by atoms with Gasteiger partial charge in [0, 0.05) is 16.0 Å². The Morgan fingerprint density at radius 2 is 2.21 bits per heavy atom. The van der Waals surface area contributed by atoms with Gasteiger partial charge >= 0.3 is 0 Å². The Morgan fingerprint density at radius 1 is 1.43 bits per heavy atom. The lowest BCUT2D eigenvalue weighted by Crippen LogP contribution is -1.79. The van der Waals surface area contributed by atoms with Crippen molar-refractivity contribution >= 4 is 38.9 Å². The van der Waals surface area contributed by atoms with E-state index >= 15 is 0 Å². The first-order valence-electron chi connectivity index (χ1n) is 4.04. The normalized spacial score (nSPS) is 10.5. The zero-order valence-corrected chi connectivity index (χ0v) is 10.6. The van der Waals surface area contributed by atoms with Crippen LogP contribution < -0.4 is 0 Å². The fourth-order valence-electron chi connectivity index (χ4n) is 1.11. The van der Waals surface area contributed by atoms with Crippen molar-refractivity contribution in [1.82, 2.24) is 4.98 Å². The van der Waals surface area contributed by atoms with Crippen LogP contribution in [0.2, 0.25) is 5.02 Å². The summed E-state index contributed by atoms with van der Waals surface area (Å²) in [7, 11) is 0. The van der Waals surface area contributed by atoms with Crippen molar-refractivity contribution in [2.75, 3.05) is 0 Å². The van der Waals surface area contributed by atoms with Gasteiger partial charge in [0.1, 0.15) is 9.61 Å². The molecule has 0 unspecified atom stereocenters. The first-order chi connectivity index (χ1) is 6.66. The molecule has 4 heteroatoms. The molecule has 0 saturated heterocycles. The summed E-state index contributed by atoms with van der Waals surface area (Å²) in [6.07, 6.45) is 0. The molecule has 0 saturated carbocycles. The molecule has 0 amide bonds. The Labute approximate surface area is 99.9 Å². The molecule has 0 atom stereocenters. The Hall–Kier alpha value is -0.380. The van der Waals surface area contributed by atoms with E-state index in [0.717, 1.165) is 25.8 Å². The van der Waals surface area contributed by atoms with Gasteiger partial charge in [-0.25, -0.2) is 4.98 Å². The van der Waals surface area contributed by atoms with E-state index < -0.39 is 0 Å². The number of rotatable bonds is 1. The van der Waals surface area contributed by atoms with Crippen LogP contribution in [-0.2, 0) is 0 Å². The minimum Gasteiger partial charge on any atom is -0.229 e. The molecule has 2 aromatic rings. The fraction of sp³-hybridized carbons (Fsp3) is 0.100. The average Bonchev–Trinajstić information content (AvgIpc) is 2.57. The maximum Gasteiger partial charge on any atom is 0.124 e. The number of halogens is 2.